The molecule has 6 fully saturated rings. The van der Waals surface area contributed by atoms with E-state index in [1.165, 1.54) is 0 Å². The summed E-state index contributed by atoms with van der Waals surface area (Å²) in [6, 6.07) is 12.3. The van der Waals surface area contributed by atoms with Gasteiger partial charge in [-0.3, -0.25) is 0 Å². The van der Waals surface area contributed by atoms with Crippen LogP contribution in [-0.4, -0.2) is 116 Å². The Hall–Kier alpha value is -3.78. The van der Waals surface area contributed by atoms with Crippen LogP contribution >= 0.6 is 0 Å². The third-order valence-electron chi connectivity index (χ3n) is 9.08. The van der Waals surface area contributed by atoms with Gasteiger partial charge in [0.15, 0.2) is 34.5 Å². The van der Waals surface area contributed by atoms with Crippen LogP contribution in [0.4, 0.5) is 0 Å². The summed E-state index contributed by atoms with van der Waals surface area (Å²) in [4.78, 5) is 0. The van der Waals surface area contributed by atoms with E-state index in [2.05, 4.69) is 36.4 Å². The lowest BCUT2D eigenvalue weighted by molar-refractivity contribution is 0.228. The quantitative estimate of drug-likeness (QED) is 0.114. The highest BCUT2D eigenvalue weighted by molar-refractivity contribution is 6.26. The van der Waals surface area contributed by atoms with Crippen LogP contribution in [-0.2, 0) is 28.4 Å². The van der Waals surface area contributed by atoms with Gasteiger partial charge in [0.1, 0.15) is 76.3 Å². The summed E-state index contributed by atoms with van der Waals surface area (Å²) in [6.07, 6.45) is 0.517. The van der Waals surface area contributed by atoms with E-state index in [1.54, 1.807) is 0 Å². The van der Waals surface area contributed by atoms with Crippen molar-refractivity contribution < 1.29 is 56.8 Å². The molecule has 10 rings (SSSR count). The number of rotatable bonds is 18. The van der Waals surface area contributed by atoms with Gasteiger partial charge in [-0.2, -0.15) is 0 Å². The summed E-state index contributed by atoms with van der Waals surface area (Å²) in [7, 11) is 0. The molecule has 48 heavy (non-hydrogen) atoms. The van der Waals surface area contributed by atoms with Crippen LogP contribution in [0, 0.1) is 0 Å². The first-order valence-corrected chi connectivity index (χ1v) is 16.7. The molecular weight excluding hydrogens is 624 g/mol. The van der Waals surface area contributed by atoms with E-state index in [-0.39, 0.29) is 36.6 Å². The van der Waals surface area contributed by atoms with Crippen molar-refractivity contribution in [2.75, 3.05) is 79.3 Å². The van der Waals surface area contributed by atoms with E-state index in [0.717, 1.165) is 32.3 Å². The molecule has 4 aromatic rings. The Balaban J connectivity index is 1.16. The van der Waals surface area contributed by atoms with Gasteiger partial charge in [0.05, 0.1) is 39.6 Å². The highest BCUT2D eigenvalue weighted by Crippen LogP contribution is 2.47. The number of hydrogen-bond donors (Lipinski definition) is 0. The lowest BCUT2D eigenvalue weighted by atomic mass is 9.93. The number of epoxide rings is 6. The molecule has 0 saturated carbocycles. The van der Waals surface area contributed by atoms with Gasteiger partial charge >= 0.3 is 0 Å². The molecule has 0 N–H and O–H groups in total. The van der Waals surface area contributed by atoms with E-state index in [9.17, 15) is 0 Å². The summed E-state index contributed by atoms with van der Waals surface area (Å²) >= 11 is 0. The van der Waals surface area contributed by atoms with Crippen LogP contribution < -0.4 is 28.4 Å². The molecule has 0 spiro atoms. The Morgan fingerprint density at radius 3 is 0.583 bits per heavy atom. The molecule has 6 heterocycles. The molecule has 0 amide bonds. The molecule has 12 nitrogen and oxygen atoms in total. The number of benzene rings is 4. The van der Waals surface area contributed by atoms with Gasteiger partial charge in [-0.1, -0.05) is 0 Å². The summed E-state index contributed by atoms with van der Waals surface area (Å²) in [5.41, 5.74) is 0. The minimum Gasteiger partial charge on any atom is -0.487 e. The molecule has 6 atom stereocenters. The van der Waals surface area contributed by atoms with Crippen LogP contribution in [0.2, 0.25) is 0 Å². The fourth-order valence-corrected chi connectivity index (χ4v) is 5.78. The zero-order chi connectivity index (χ0) is 31.6. The fourth-order valence-electron chi connectivity index (χ4n) is 5.78. The first-order valence-electron chi connectivity index (χ1n) is 16.7. The highest BCUT2D eigenvalue weighted by Gasteiger charge is 2.30. The maximum Gasteiger partial charge on any atom is 0.161 e. The van der Waals surface area contributed by atoms with Crippen molar-refractivity contribution in [2.45, 2.75) is 36.6 Å². The maximum atomic E-state index is 6.32. The van der Waals surface area contributed by atoms with Crippen molar-refractivity contribution in [3.8, 4) is 34.5 Å². The second-order valence-electron chi connectivity index (χ2n) is 13.1. The lowest BCUT2D eigenvalue weighted by Crippen LogP contribution is -2.10. The average Bonchev–Trinajstić information content (AvgIpc) is 3.90. The van der Waals surface area contributed by atoms with Crippen molar-refractivity contribution in [3.63, 3.8) is 0 Å². The molecule has 0 aliphatic carbocycles. The Labute approximate surface area is 275 Å². The molecular formula is C36H36O12. The van der Waals surface area contributed by atoms with Crippen LogP contribution in [0.3, 0.4) is 0 Å². The Bertz CT molecular complexity index is 1480. The Morgan fingerprint density at radius 2 is 0.458 bits per heavy atom. The highest BCUT2D eigenvalue weighted by atomic mass is 16.6. The molecule has 0 aromatic heterocycles. The summed E-state index contributed by atoms with van der Waals surface area (Å²) in [6.45, 7) is 6.81. The predicted octanol–water partition coefficient (Wildman–Crippen LogP) is 3.81. The van der Waals surface area contributed by atoms with Crippen LogP contribution in [0.1, 0.15) is 0 Å². The van der Waals surface area contributed by atoms with Crippen LogP contribution in [0.15, 0.2) is 36.4 Å². The second kappa shape index (κ2) is 12.0. The third kappa shape index (κ3) is 6.60. The summed E-state index contributed by atoms with van der Waals surface area (Å²) in [5.74, 6) is 3.87. The zero-order valence-electron chi connectivity index (χ0n) is 26.3. The Kier molecular flexibility index (Phi) is 7.27. The first-order chi connectivity index (χ1) is 23.7. The SMILES string of the molecule is c1c(OCC2CO2)c(OCC2CO2)cc2c1c1cc(OCC3CO3)c(OCC3CO3)cc1c1cc(OCC3CO3)c(OCC3CO3)cc21. The van der Waals surface area contributed by atoms with Crippen molar-refractivity contribution in [3.05, 3.63) is 36.4 Å². The van der Waals surface area contributed by atoms with Gasteiger partial charge in [0.2, 0.25) is 0 Å². The topological polar surface area (TPSA) is 131 Å². The monoisotopic (exact) mass is 660 g/mol. The van der Waals surface area contributed by atoms with Crippen molar-refractivity contribution in [2.24, 2.45) is 0 Å². The van der Waals surface area contributed by atoms with Crippen LogP contribution in [0.25, 0.3) is 32.3 Å². The van der Waals surface area contributed by atoms with Crippen molar-refractivity contribution in [1.82, 2.24) is 0 Å². The molecule has 0 radical (unpaired) electrons. The van der Waals surface area contributed by atoms with E-state index in [1.807, 2.05) is 0 Å². The smallest absolute Gasteiger partial charge is 0.161 e. The third-order valence-corrected chi connectivity index (χ3v) is 9.08. The normalized spacial score (nSPS) is 27.5. The second-order valence-corrected chi connectivity index (χ2v) is 13.1. The molecule has 6 aliphatic rings. The largest absolute Gasteiger partial charge is 0.487 e. The standard InChI is InChI=1S/C36H36O12/c1-25-26(2-32(44-14-20-8-38-20)31(1)43-13-19-7-37-19)28-4-35(47-17-23-11-41-23)36(48-18-24-12-42-24)6-30(28)29-5-34(46-16-22-10-40-22)33(3-27(25)29)45-15-21-9-39-21/h1-6,19-24H,7-18H2. The zero-order valence-corrected chi connectivity index (χ0v) is 26.3. The maximum absolute atomic E-state index is 6.32. The van der Waals surface area contributed by atoms with E-state index < -0.39 is 0 Å². The van der Waals surface area contributed by atoms with Gasteiger partial charge in [0, 0.05) is 0 Å². The number of hydrogen-bond acceptors (Lipinski definition) is 12. The molecule has 0 bridgehead atoms. The fraction of sp³-hybridized carbons (Fsp3) is 0.500. The minimum absolute atomic E-state index is 0.0862. The molecule has 6 unspecified atom stereocenters. The number of ether oxygens (including phenoxy) is 12. The van der Waals surface area contributed by atoms with E-state index in [0.29, 0.717) is 114 Å². The minimum atomic E-state index is 0.0862. The molecule has 252 valence electrons. The molecule has 4 aromatic carbocycles. The Morgan fingerprint density at radius 1 is 0.312 bits per heavy atom. The molecule has 6 aliphatic heterocycles. The van der Waals surface area contributed by atoms with E-state index in [4.69, 9.17) is 56.8 Å². The van der Waals surface area contributed by atoms with Gasteiger partial charge in [0.25, 0.3) is 0 Å². The van der Waals surface area contributed by atoms with Gasteiger partial charge in [-0.15, -0.1) is 0 Å². The molecule has 6 saturated heterocycles. The number of fused-ring (bicyclic) bond motifs is 6. The van der Waals surface area contributed by atoms with Crippen LogP contribution in [0.5, 0.6) is 34.5 Å². The van der Waals surface area contributed by atoms with Gasteiger partial charge in [-0.05, 0) is 68.7 Å². The summed E-state index contributed by atoms with van der Waals surface area (Å²) in [5, 5.41) is 5.84. The van der Waals surface area contributed by atoms with Crippen molar-refractivity contribution >= 4 is 32.3 Å². The average molecular weight is 661 g/mol. The van der Waals surface area contributed by atoms with Gasteiger partial charge < -0.3 is 56.8 Å². The predicted molar refractivity (Wildman–Crippen MR) is 170 cm³/mol. The summed E-state index contributed by atoms with van der Waals surface area (Å²) < 4.78 is 70.6. The van der Waals surface area contributed by atoms with E-state index >= 15 is 0 Å². The first kappa shape index (κ1) is 29.2. The molecule has 12 heteroatoms. The lowest BCUT2D eigenvalue weighted by Gasteiger charge is -2.20. The van der Waals surface area contributed by atoms with Crippen molar-refractivity contribution in [1.29, 1.82) is 0 Å². The van der Waals surface area contributed by atoms with Gasteiger partial charge in [-0.25, -0.2) is 0 Å².